The maximum atomic E-state index is 12.3. The number of amides is 2. The molecule has 0 bridgehead atoms. The van der Waals surface area contributed by atoms with Gasteiger partial charge in [-0.05, 0) is 32.6 Å². The van der Waals surface area contributed by atoms with Crippen molar-refractivity contribution in [3.8, 4) is 0 Å². The highest BCUT2D eigenvalue weighted by Crippen LogP contribution is 2.26. The number of likely N-dealkylation sites (tertiary alicyclic amines) is 1. The zero-order valence-corrected chi connectivity index (χ0v) is 14.7. The largest absolute Gasteiger partial charge is 0.388 e. The van der Waals surface area contributed by atoms with Crippen molar-refractivity contribution < 1.29 is 9.90 Å². The number of carbonyl (C=O) groups is 1. The van der Waals surface area contributed by atoms with Crippen molar-refractivity contribution in [2.24, 2.45) is 5.92 Å². The number of carbonyl (C=O) groups excluding carboxylic acids is 1. The van der Waals surface area contributed by atoms with E-state index >= 15 is 0 Å². The van der Waals surface area contributed by atoms with Crippen molar-refractivity contribution in [3.05, 3.63) is 16.1 Å². The Bertz CT molecular complexity index is 508. The Morgan fingerprint density at radius 3 is 2.95 bits per heavy atom. The highest BCUT2D eigenvalue weighted by atomic mass is 32.1. The smallest absolute Gasteiger partial charge is 0.318 e. The predicted molar refractivity (Wildman–Crippen MR) is 88.9 cm³/mol. The second-order valence-electron chi connectivity index (χ2n) is 6.98. The van der Waals surface area contributed by atoms with Gasteiger partial charge in [-0.1, -0.05) is 13.8 Å². The molecule has 5 nitrogen and oxygen atoms in total. The fourth-order valence-corrected chi connectivity index (χ4v) is 3.96. The van der Waals surface area contributed by atoms with Crippen molar-refractivity contribution in [2.45, 2.75) is 65.1 Å². The Balaban J connectivity index is 1.88. The second-order valence-corrected chi connectivity index (χ2v) is 8.18. The lowest BCUT2D eigenvalue weighted by atomic mass is 9.97. The van der Waals surface area contributed by atoms with Gasteiger partial charge in [-0.2, -0.15) is 0 Å². The van der Waals surface area contributed by atoms with Crippen LogP contribution in [0.4, 0.5) is 4.79 Å². The van der Waals surface area contributed by atoms with E-state index in [9.17, 15) is 9.90 Å². The quantitative estimate of drug-likeness (QED) is 0.875. The second kappa shape index (κ2) is 6.96. The molecule has 2 amide bonds. The van der Waals surface area contributed by atoms with Crippen LogP contribution in [0.3, 0.4) is 0 Å². The monoisotopic (exact) mass is 325 g/mol. The Kier molecular flexibility index (Phi) is 5.45. The average Bonchev–Trinajstić information content (AvgIpc) is 3.02. The summed E-state index contributed by atoms with van der Waals surface area (Å²) in [6.45, 7) is 9.10. The Hall–Kier alpha value is -1.14. The van der Waals surface area contributed by atoms with Crippen LogP contribution >= 0.6 is 11.3 Å². The highest BCUT2D eigenvalue weighted by Gasteiger charge is 2.38. The third-order valence-electron chi connectivity index (χ3n) is 3.93. The maximum Gasteiger partial charge on any atom is 0.318 e. The van der Waals surface area contributed by atoms with Gasteiger partial charge in [0.05, 0.1) is 23.2 Å². The Labute approximate surface area is 136 Å². The molecule has 1 atom stereocenters. The summed E-state index contributed by atoms with van der Waals surface area (Å²) in [5, 5.41) is 14.3. The van der Waals surface area contributed by atoms with Gasteiger partial charge < -0.3 is 15.3 Å². The molecule has 1 aliphatic rings. The first-order chi connectivity index (χ1) is 10.3. The molecule has 0 aliphatic carbocycles. The summed E-state index contributed by atoms with van der Waals surface area (Å²) in [5.74, 6) is 0.589. The first kappa shape index (κ1) is 17.2. The first-order valence-electron chi connectivity index (χ1n) is 7.98. The van der Waals surface area contributed by atoms with Crippen LogP contribution in [0.1, 0.15) is 50.4 Å². The van der Waals surface area contributed by atoms with Crippen LogP contribution < -0.4 is 5.32 Å². The van der Waals surface area contributed by atoms with E-state index in [0.29, 0.717) is 19.0 Å². The molecule has 124 valence electrons. The van der Waals surface area contributed by atoms with Gasteiger partial charge in [0.1, 0.15) is 0 Å². The summed E-state index contributed by atoms with van der Waals surface area (Å²) in [4.78, 5) is 19.6. The molecule has 1 aliphatic heterocycles. The van der Waals surface area contributed by atoms with Crippen LogP contribution in [0.25, 0.3) is 0 Å². The topological polar surface area (TPSA) is 65.5 Å². The molecule has 1 aromatic rings. The molecule has 2 rings (SSSR count). The molecule has 1 aromatic heterocycles. The van der Waals surface area contributed by atoms with Crippen LogP contribution in [-0.4, -0.2) is 39.2 Å². The number of nitrogens with zero attached hydrogens (tertiary/aromatic N) is 2. The first-order valence-corrected chi connectivity index (χ1v) is 8.79. The van der Waals surface area contributed by atoms with Gasteiger partial charge in [0.25, 0.3) is 0 Å². The number of thiazole rings is 1. The van der Waals surface area contributed by atoms with Gasteiger partial charge >= 0.3 is 6.03 Å². The molecule has 6 heteroatoms. The summed E-state index contributed by atoms with van der Waals surface area (Å²) in [6.07, 6.45) is 4.63. The number of urea groups is 1. The zero-order valence-electron chi connectivity index (χ0n) is 13.9. The Morgan fingerprint density at radius 2 is 2.32 bits per heavy atom. The van der Waals surface area contributed by atoms with Crippen LogP contribution in [0.2, 0.25) is 0 Å². The zero-order chi connectivity index (χ0) is 16.3. The Morgan fingerprint density at radius 1 is 1.59 bits per heavy atom. The van der Waals surface area contributed by atoms with E-state index in [1.54, 1.807) is 30.1 Å². The van der Waals surface area contributed by atoms with Crippen molar-refractivity contribution in [2.75, 3.05) is 6.54 Å². The van der Waals surface area contributed by atoms with Crippen molar-refractivity contribution >= 4 is 17.4 Å². The lowest BCUT2D eigenvalue weighted by Gasteiger charge is -2.33. The lowest BCUT2D eigenvalue weighted by Crippen LogP contribution is -2.51. The average molecular weight is 325 g/mol. The molecule has 2 heterocycles. The van der Waals surface area contributed by atoms with Crippen LogP contribution in [0.5, 0.6) is 0 Å². The summed E-state index contributed by atoms with van der Waals surface area (Å²) < 4.78 is 0. The summed E-state index contributed by atoms with van der Waals surface area (Å²) in [6, 6.07) is -0.200. The van der Waals surface area contributed by atoms with Gasteiger partial charge in [-0.15, -0.1) is 11.3 Å². The van der Waals surface area contributed by atoms with Crippen LogP contribution in [0.15, 0.2) is 6.20 Å². The fraction of sp³-hybridized carbons (Fsp3) is 0.750. The maximum absolute atomic E-state index is 12.3. The molecule has 1 saturated heterocycles. The van der Waals surface area contributed by atoms with Crippen molar-refractivity contribution in [1.82, 2.24) is 15.2 Å². The van der Waals surface area contributed by atoms with Crippen molar-refractivity contribution in [3.63, 3.8) is 0 Å². The van der Waals surface area contributed by atoms with E-state index < -0.39 is 5.60 Å². The number of rotatable bonds is 5. The standard InChI is InChI=1S/C16H27N3O2S/c1-11(2)8-14-17-9-12(22-14)10-18-15(20)19-7-5-6-13(19)16(3,4)21/h9,11,13,21H,5-8,10H2,1-4H3,(H,18,20)/t13-/m1/s1. The molecule has 0 radical (unpaired) electrons. The van der Waals surface area contributed by atoms with E-state index in [-0.39, 0.29) is 12.1 Å². The minimum Gasteiger partial charge on any atom is -0.388 e. The lowest BCUT2D eigenvalue weighted by molar-refractivity contribution is 0.00979. The number of aromatic nitrogens is 1. The van der Waals surface area contributed by atoms with E-state index in [1.807, 2.05) is 6.20 Å². The summed E-state index contributed by atoms with van der Waals surface area (Å²) in [7, 11) is 0. The molecular weight excluding hydrogens is 298 g/mol. The third kappa shape index (κ3) is 4.43. The number of hydrogen-bond donors (Lipinski definition) is 2. The summed E-state index contributed by atoms with van der Waals surface area (Å²) >= 11 is 1.66. The van der Waals surface area contributed by atoms with Gasteiger partial charge in [-0.3, -0.25) is 0 Å². The third-order valence-corrected chi connectivity index (χ3v) is 4.95. The van der Waals surface area contributed by atoms with Gasteiger partial charge in [0, 0.05) is 24.0 Å². The molecule has 0 spiro atoms. The van der Waals surface area contributed by atoms with E-state index in [4.69, 9.17) is 0 Å². The van der Waals surface area contributed by atoms with E-state index in [0.717, 1.165) is 29.1 Å². The molecular formula is C16H27N3O2S. The molecule has 2 N–H and O–H groups in total. The number of hydrogen-bond acceptors (Lipinski definition) is 4. The summed E-state index contributed by atoms with van der Waals surface area (Å²) in [5.41, 5.74) is -0.858. The normalized spacial score (nSPS) is 19.0. The van der Waals surface area contributed by atoms with Gasteiger partial charge in [0.2, 0.25) is 0 Å². The van der Waals surface area contributed by atoms with Gasteiger partial charge in [0.15, 0.2) is 0 Å². The highest BCUT2D eigenvalue weighted by molar-refractivity contribution is 7.11. The molecule has 1 fully saturated rings. The molecule has 0 aromatic carbocycles. The molecule has 0 unspecified atom stereocenters. The molecule has 0 saturated carbocycles. The molecule has 22 heavy (non-hydrogen) atoms. The SMILES string of the molecule is CC(C)Cc1ncc(CNC(=O)N2CCC[C@@H]2C(C)(C)O)s1. The number of aliphatic hydroxyl groups is 1. The van der Waals surface area contributed by atoms with Crippen molar-refractivity contribution in [1.29, 1.82) is 0 Å². The van der Waals surface area contributed by atoms with Crippen LogP contribution in [-0.2, 0) is 13.0 Å². The number of nitrogens with one attached hydrogen (secondary N) is 1. The van der Waals surface area contributed by atoms with E-state index in [2.05, 4.69) is 24.1 Å². The van der Waals surface area contributed by atoms with Crippen LogP contribution in [0, 0.1) is 5.92 Å². The van der Waals surface area contributed by atoms with Gasteiger partial charge in [-0.25, -0.2) is 9.78 Å². The minimum atomic E-state index is -0.858. The predicted octanol–water partition coefficient (Wildman–Crippen LogP) is 2.79. The van der Waals surface area contributed by atoms with E-state index in [1.165, 1.54) is 0 Å². The fourth-order valence-electron chi connectivity index (χ4n) is 2.88. The minimum absolute atomic E-state index is 0.0940.